The Kier molecular flexibility index (Phi) is 4.73. The number of carbonyl (C=O) groups excluding carboxylic acids is 2. The summed E-state index contributed by atoms with van der Waals surface area (Å²) in [4.78, 5) is 28.9. The van der Waals surface area contributed by atoms with E-state index in [-0.39, 0.29) is 18.2 Å². The summed E-state index contributed by atoms with van der Waals surface area (Å²) in [6, 6.07) is 9.79. The van der Waals surface area contributed by atoms with Crippen LogP contribution in [0.4, 0.5) is 4.79 Å². The van der Waals surface area contributed by atoms with Crippen molar-refractivity contribution in [3.8, 4) is 0 Å². The fourth-order valence-electron chi connectivity index (χ4n) is 3.82. The number of rotatable bonds is 3. The number of hydrogen-bond donors (Lipinski definition) is 0. The molecule has 2 atom stereocenters. The van der Waals surface area contributed by atoms with Crippen LogP contribution in [0.15, 0.2) is 30.3 Å². The second-order valence-corrected chi connectivity index (χ2v) is 8.58. The van der Waals surface area contributed by atoms with Gasteiger partial charge in [0.05, 0.1) is 6.61 Å². The Bertz CT molecular complexity index is 681. The van der Waals surface area contributed by atoms with E-state index in [0.29, 0.717) is 19.7 Å². The van der Waals surface area contributed by atoms with Crippen molar-refractivity contribution in [2.75, 3.05) is 13.1 Å². The Morgan fingerprint density at radius 2 is 1.85 bits per heavy atom. The molecule has 0 saturated carbocycles. The number of hydrogen-bond acceptors (Lipinski definition) is 4. The molecule has 2 heterocycles. The maximum Gasteiger partial charge on any atom is 0.412 e. The Morgan fingerprint density at radius 1 is 1.19 bits per heavy atom. The molecule has 2 amide bonds. The molecule has 6 nitrogen and oxygen atoms in total. The molecule has 6 heteroatoms. The first-order valence-corrected chi connectivity index (χ1v) is 9.07. The van der Waals surface area contributed by atoms with Crippen LogP contribution in [0.3, 0.4) is 0 Å². The molecular formula is C20H28N2O4. The summed E-state index contributed by atoms with van der Waals surface area (Å²) < 4.78 is 11.5. The van der Waals surface area contributed by atoms with Crippen molar-refractivity contribution in [3.63, 3.8) is 0 Å². The smallest absolute Gasteiger partial charge is 0.412 e. The molecule has 0 aromatic heterocycles. The Balaban J connectivity index is 1.75. The molecule has 1 aromatic rings. The number of ether oxygens (including phenoxy) is 2. The molecule has 142 valence electrons. The van der Waals surface area contributed by atoms with Gasteiger partial charge in [-0.1, -0.05) is 44.2 Å². The molecule has 0 spiro atoms. The minimum Gasteiger partial charge on any atom is -0.444 e. The molecule has 2 saturated heterocycles. The number of fused-ring (bicyclic) bond motifs is 1. The first kappa shape index (κ1) is 18.7. The fourth-order valence-corrected chi connectivity index (χ4v) is 3.82. The van der Waals surface area contributed by atoms with E-state index in [1.807, 2.05) is 65.0 Å². The van der Waals surface area contributed by atoms with Crippen molar-refractivity contribution in [3.05, 3.63) is 35.9 Å². The molecule has 0 radical (unpaired) electrons. The summed E-state index contributed by atoms with van der Waals surface area (Å²) in [7, 11) is 0. The lowest BCUT2D eigenvalue weighted by Gasteiger charge is -2.36. The van der Waals surface area contributed by atoms with E-state index in [2.05, 4.69) is 0 Å². The van der Waals surface area contributed by atoms with E-state index in [9.17, 15) is 9.59 Å². The van der Waals surface area contributed by atoms with Gasteiger partial charge in [0.15, 0.2) is 0 Å². The average molecular weight is 360 g/mol. The molecule has 26 heavy (non-hydrogen) atoms. The van der Waals surface area contributed by atoms with Gasteiger partial charge < -0.3 is 14.4 Å². The molecule has 1 aromatic carbocycles. The van der Waals surface area contributed by atoms with E-state index in [1.54, 1.807) is 9.80 Å². The topological polar surface area (TPSA) is 59.1 Å². The SMILES string of the molecule is CC(C)(C)OC(=O)N1CCN2C(=O)[C@@H](OCc3ccccc3)C(C)(C)[C@H]12. The molecule has 0 N–H and O–H groups in total. The van der Waals surface area contributed by atoms with E-state index in [0.717, 1.165) is 5.56 Å². The van der Waals surface area contributed by atoms with Crippen molar-refractivity contribution in [1.29, 1.82) is 0 Å². The summed E-state index contributed by atoms with van der Waals surface area (Å²) >= 11 is 0. The van der Waals surface area contributed by atoms with Crippen LogP contribution in [0.2, 0.25) is 0 Å². The highest BCUT2D eigenvalue weighted by atomic mass is 16.6. The van der Waals surface area contributed by atoms with Gasteiger partial charge in [-0.2, -0.15) is 0 Å². The molecule has 0 unspecified atom stereocenters. The second-order valence-electron chi connectivity index (χ2n) is 8.58. The van der Waals surface area contributed by atoms with Crippen LogP contribution >= 0.6 is 0 Å². The number of amides is 2. The van der Waals surface area contributed by atoms with Crippen LogP contribution in [0.1, 0.15) is 40.2 Å². The van der Waals surface area contributed by atoms with Gasteiger partial charge in [0.1, 0.15) is 17.9 Å². The third-order valence-corrected chi connectivity index (χ3v) is 4.91. The molecule has 3 rings (SSSR count). The van der Waals surface area contributed by atoms with E-state index in [4.69, 9.17) is 9.47 Å². The first-order chi connectivity index (χ1) is 12.1. The average Bonchev–Trinajstić information content (AvgIpc) is 3.06. The minimum absolute atomic E-state index is 0.0537. The molecule has 0 bridgehead atoms. The van der Waals surface area contributed by atoms with Crippen LogP contribution in [-0.2, 0) is 20.9 Å². The van der Waals surface area contributed by atoms with Gasteiger partial charge in [-0.3, -0.25) is 9.69 Å². The van der Waals surface area contributed by atoms with Crippen LogP contribution in [0.5, 0.6) is 0 Å². The lowest BCUT2D eigenvalue weighted by Crippen LogP contribution is -2.49. The van der Waals surface area contributed by atoms with Crippen molar-refractivity contribution in [2.45, 2.75) is 59.1 Å². The molecule has 0 aliphatic carbocycles. The van der Waals surface area contributed by atoms with Crippen molar-refractivity contribution < 1.29 is 19.1 Å². The molecule has 2 aliphatic rings. The summed E-state index contributed by atoms with van der Waals surface area (Å²) in [6.07, 6.45) is -1.31. The quantitative estimate of drug-likeness (QED) is 0.831. The monoisotopic (exact) mass is 360 g/mol. The highest BCUT2D eigenvalue weighted by Gasteiger charge is 2.60. The van der Waals surface area contributed by atoms with Crippen LogP contribution in [-0.4, -0.2) is 52.8 Å². The van der Waals surface area contributed by atoms with Gasteiger partial charge in [0.25, 0.3) is 5.91 Å². The second kappa shape index (κ2) is 6.58. The van der Waals surface area contributed by atoms with E-state index < -0.39 is 17.1 Å². The molecule has 2 fully saturated rings. The standard InChI is InChI=1S/C20H28N2O4/c1-19(2,3)26-18(24)22-12-11-21-16(23)15(20(4,5)17(21)22)25-13-14-9-7-6-8-10-14/h6-10,15,17H,11-13H2,1-5H3/t15-,17+/m1/s1. The fraction of sp³-hybridized carbons (Fsp3) is 0.600. The van der Waals surface area contributed by atoms with Crippen molar-refractivity contribution in [2.24, 2.45) is 5.41 Å². The molecule has 2 aliphatic heterocycles. The van der Waals surface area contributed by atoms with Crippen LogP contribution in [0.25, 0.3) is 0 Å². The first-order valence-electron chi connectivity index (χ1n) is 9.07. The van der Waals surface area contributed by atoms with E-state index >= 15 is 0 Å². The molecular weight excluding hydrogens is 332 g/mol. The van der Waals surface area contributed by atoms with Crippen molar-refractivity contribution in [1.82, 2.24) is 9.80 Å². The summed E-state index contributed by atoms with van der Waals surface area (Å²) in [5.74, 6) is -0.0537. The zero-order valence-corrected chi connectivity index (χ0v) is 16.2. The predicted octanol–water partition coefficient (Wildman–Crippen LogP) is 3.02. The normalized spacial score (nSPS) is 24.7. The number of carbonyl (C=O) groups is 2. The lowest BCUT2D eigenvalue weighted by molar-refractivity contribution is -0.140. The zero-order chi connectivity index (χ0) is 19.1. The largest absolute Gasteiger partial charge is 0.444 e. The number of nitrogens with zero attached hydrogens (tertiary/aromatic N) is 2. The Morgan fingerprint density at radius 3 is 2.46 bits per heavy atom. The maximum atomic E-state index is 12.9. The highest BCUT2D eigenvalue weighted by molar-refractivity contribution is 5.86. The highest BCUT2D eigenvalue weighted by Crippen LogP contribution is 2.44. The summed E-state index contributed by atoms with van der Waals surface area (Å²) in [6.45, 7) is 10.9. The van der Waals surface area contributed by atoms with Crippen LogP contribution in [0, 0.1) is 5.41 Å². The van der Waals surface area contributed by atoms with Gasteiger partial charge in [0, 0.05) is 18.5 Å². The summed E-state index contributed by atoms with van der Waals surface area (Å²) in [5, 5.41) is 0. The lowest BCUT2D eigenvalue weighted by atomic mass is 9.86. The zero-order valence-electron chi connectivity index (χ0n) is 16.2. The van der Waals surface area contributed by atoms with Gasteiger partial charge in [-0.25, -0.2) is 4.79 Å². The van der Waals surface area contributed by atoms with Gasteiger partial charge >= 0.3 is 6.09 Å². The van der Waals surface area contributed by atoms with Gasteiger partial charge in [-0.15, -0.1) is 0 Å². The number of benzene rings is 1. The Hall–Kier alpha value is -2.08. The predicted molar refractivity (Wildman–Crippen MR) is 97.2 cm³/mol. The van der Waals surface area contributed by atoms with Crippen molar-refractivity contribution >= 4 is 12.0 Å². The third kappa shape index (κ3) is 3.43. The van der Waals surface area contributed by atoms with Gasteiger partial charge in [-0.05, 0) is 26.3 Å². The maximum absolute atomic E-state index is 12.9. The minimum atomic E-state index is -0.585. The summed E-state index contributed by atoms with van der Waals surface area (Å²) in [5.41, 5.74) is -0.0770. The Labute approximate surface area is 155 Å². The van der Waals surface area contributed by atoms with Gasteiger partial charge in [0.2, 0.25) is 0 Å². The van der Waals surface area contributed by atoms with Crippen LogP contribution < -0.4 is 0 Å². The third-order valence-electron chi connectivity index (χ3n) is 4.91. The van der Waals surface area contributed by atoms with E-state index in [1.165, 1.54) is 0 Å².